The van der Waals surface area contributed by atoms with Crippen molar-refractivity contribution in [3.63, 3.8) is 0 Å². The summed E-state index contributed by atoms with van der Waals surface area (Å²) >= 11 is 0. The quantitative estimate of drug-likeness (QED) is 0.492. The number of carbonyl (C=O) groups is 2. The highest BCUT2D eigenvalue weighted by molar-refractivity contribution is 7.85. The van der Waals surface area contributed by atoms with Gasteiger partial charge in [0.2, 0.25) is 0 Å². The Balaban J connectivity index is 3.50. The minimum Gasteiger partial charge on any atom is -0.465 e. The first-order chi connectivity index (χ1) is 7.75. The lowest BCUT2D eigenvalue weighted by Crippen LogP contribution is -2.07. The second-order valence-electron chi connectivity index (χ2n) is 3.27. The second kappa shape index (κ2) is 4.64. The monoisotopic (exact) mass is 258 g/mol. The maximum atomic E-state index is 11.3. The number of hydrogen-bond donors (Lipinski definition) is 1. The topological polar surface area (TPSA) is 97.7 Å². The predicted octanol–water partition coefficient (Wildman–Crippen LogP) is 0.923. The second-order valence-corrected chi connectivity index (χ2v) is 4.69. The number of carbonyl (C=O) groups excluding carboxylic acids is 2. The largest absolute Gasteiger partial charge is 0.465 e. The highest BCUT2D eigenvalue weighted by Crippen LogP contribution is 2.16. The Labute approximate surface area is 98.0 Å². The van der Waals surface area contributed by atoms with Crippen LogP contribution in [-0.4, -0.2) is 31.8 Å². The molecule has 1 aromatic carbocycles. The smallest absolute Gasteiger partial charge is 0.337 e. The fourth-order valence-electron chi connectivity index (χ4n) is 1.19. The van der Waals surface area contributed by atoms with Crippen LogP contribution in [0.4, 0.5) is 0 Å². The van der Waals surface area contributed by atoms with E-state index in [-0.39, 0.29) is 11.1 Å². The van der Waals surface area contributed by atoms with E-state index >= 15 is 0 Å². The van der Waals surface area contributed by atoms with Crippen molar-refractivity contribution < 1.29 is 27.3 Å². The van der Waals surface area contributed by atoms with Gasteiger partial charge in [-0.3, -0.25) is 9.35 Å². The lowest BCUT2D eigenvalue weighted by atomic mass is 10.1. The molecule has 0 aromatic heterocycles. The molecule has 0 saturated carbocycles. The molecule has 0 bridgehead atoms. The first kappa shape index (κ1) is 13.3. The fourth-order valence-corrected chi connectivity index (χ4v) is 1.74. The molecule has 7 heteroatoms. The van der Waals surface area contributed by atoms with E-state index in [4.69, 9.17) is 4.55 Å². The first-order valence-corrected chi connectivity index (χ1v) is 5.91. The van der Waals surface area contributed by atoms with E-state index < -0.39 is 26.8 Å². The molecular formula is C10H10O6S. The summed E-state index contributed by atoms with van der Waals surface area (Å²) in [5.41, 5.74) is -0.117. The van der Waals surface area contributed by atoms with Crippen LogP contribution in [0.5, 0.6) is 0 Å². The number of hydrogen-bond acceptors (Lipinski definition) is 5. The van der Waals surface area contributed by atoms with Gasteiger partial charge in [0, 0.05) is 5.56 Å². The number of benzene rings is 1. The highest BCUT2D eigenvalue weighted by atomic mass is 32.2. The minimum atomic E-state index is -4.48. The summed E-state index contributed by atoms with van der Waals surface area (Å²) in [7, 11) is -3.36. The van der Waals surface area contributed by atoms with Gasteiger partial charge in [-0.05, 0) is 25.1 Å². The Morgan fingerprint density at radius 2 is 1.71 bits per heavy atom. The molecule has 0 spiro atoms. The summed E-state index contributed by atoms with van der Waals surface area (Å²) in [6, 6.07) is 3.13. The van der Waals surface area contributed by atoms with Crippen molar-refractivity contribution in [2.45, 2.75) is 11.8 Å². The van der Waals surface area contributed by atoms with Crippen molar-refractivity contribution in [3.8, 4) is 0 Å². The highest BCUT2D eigenvalue weighted by Gasteiger charge is 2.17. The predicted molar refractivity (Wildman–Crippen MR) is 57.6 cm³/mol. The van der Waals surface area contributed by atoms with Crippen molar-refractivity contribution in [1.29, 1.82) is 0 Å². The SMILES string of the molecule is COC(=O)c1cc(C(C)=O)cc(S(=O)(=O)O)c1. The Hall–Kier alpha value is -1.73. The van der Waals surface area contributed by atoms with Gasteiger partial charge in [0.1, 0.15) is 0 Å². The molecular weight excluding hydrogens is 248 g/mol. The normalized spacial score (nSPS) is 11.0. The molecule has 0 radical (unpaired) electrons. The summed E-state index contributed by atoms with van der Waals surface area (Å²) < 4.78 is 35.2. The zero-order valence-corrected chi connectivity index (χ0v) is 9.95. The summed E-state index contributed by atoms with van der Waals surface area (Å²) in [4.78, 5) is 21.9. The van der Waals surface area contributed by atoms with Gasteiger partial charge >= 0.3 is 5.97 Å². The number of esters is 1. The molecule has 92 valence electrons. The van der Waals surface area contributed by atoms with E-state index in [1.54, 1.807) is 0 Å². The number of methoxy groups -OCH3 is 1. The zero-order chi connectivity index (χ0) is 13.2. The molecule has 1 N–H and O–H groups in total. The molecule has 0 saturated heterocycles. The van der Waals surface area contributed by atoms with Crippen molar-refractivity contribution in [1.82, 2.24) is 0 Å². The van der Waals surface area contributed by atoms with Gasteiger partial charge in [-0.2, -0.15) is 8.42 Å². The maximum absolute atomic E-state index is 11.3. The van der Waals surface area contributed by atoms with Crippen LogP contribution in [0.15, 0.2) is 23.1 Å². The van der Waals surface area contributed by atoms with E-state index in [1.807, 2.05) is 0 Å². The van der Waals surface area contributed by atoms with Crippen LogP contribution in [0.2, 0.25) is 0 Å². The molecule has 0 fully saturated rings. The van der Waals surface area contributed by atoms with E-state index in [0.717, 1.165) is 19.2 Å². The van der Waals surface area contributed by atoms with Crippen LogP contribution >= 0.6 is 0 Å². The van der Waals surface area contributed by atoms with Crippen molar-refractivity contribution >= 4 is 21.9 Å². The molecule has 1 aromatic rings. The fraction of sp³-hybridized carbons (Fsp3) is 0.200. The molecule has 0 aliphatic carbocycles. The Morgan fingerprint density at radius 3 is 2.12 bits per heavy atom. The van der Waals surface area contributed by atoms with Gasteiger partial charge in [-0.1, -0.05) is 0 Å². The number of ketones is 1. The van der Waals surface area contributed by atoms with Crippen LogP contribution in [0.1, 0.15) is 27.6 Å². The number of rotatable bonds is 3. The lowest BCUT2D eigenvalue weighted by molar-refractivity contribution is 0.0600. The summed E-state index contributed by atoms with van der Waals surface area (Å²) in [5.74, 6) is -1.22. The zero-order valence-electron chi connectivity index (χ0n) is 9.13. The molecule has 0 aliphatic rings. The summed E-state index contributed by atoms with van der Waals surface area (Å²) in [6.07, 6.45) is 0. The summed E-state index contributed by atoms with van der Waals surface area (Å²) in [6.45, 7) is 1.21. The standard InChI is InChI=1S/C10H10O6S/c1-6(11)7-3-8(10(12)16-2)5-9(4-7)17(13,14)15/h3-5H,1-2H3,(H,13,14,15). The number of ether oxygens (including phenoxy) is 1. The van der Waals surface area contributed by atoms with Crippen molar-refractivity contribution in [2.75, 3.05) is 7.11 Å². The molecule has 0 unspecified atom stereocenters. The third-order valence-corrected chi connectivity index (χ3v) is 2.86. The van der Waals surface area contributed by atoms with Gasteiger partial charge in [0.15, 0.2) is 5.78 Å². The summed E-state index contributed by atoms with van der Waals surface area (Å²) in [5, 5.41) is 0. The molecule has 0 atom stereocenters. The molecule has 1 rings (SSSR count). The molecule has 6 nitrogen and oxygen atoms in total. The van der Waals surface area contributed by atoms with Gasteiger partial charge < -0.3 is 4.74 Å². The van der Waals surface area contributed by atoms with Crippen LogP contribution in [-0.2, 0) is 14.9 Å². The molecule has 0 amide bonds. The van der Waals surface area contributed by atoms with Crippen LogP contribution < -0.4 is 0 Å². The van der Waals surface area contributed by atoms with Gasteiger partial charge in [-0.25, -0.2) is 4.79 Å². The number of Topliss-reactive ketones (excluding diaryl/α,β-unsaturated/α-hetero) is 1. The van der Waals surface area contributed by atoms with E-state index in [2.05, 4.69) is 4.74 Å². The van der Waals surface area contributed by atoms with Crippen molar-refractivity contribution in [3.05, 3.63) is 29.3 Å². The van der Waals surface area contributed by atoms with Crippen molar-refractivity contribution in [2.24, 2.45) is 0 Å². The molecule has 17 heavy (non-hydrogen) atoms. The van der Waals surface area contributed by atoms with Gasteiger partial charge in [-0.15, -0.1) is 0 Å². The van der Waals surface area contributed by atoms with Gasteiger partial charge in [0.25, 0.3) is 10.1 Å². The Bertz CT molecular complexity index is 572. The average molecular weight is 258 g/mol. The van der Waals surface area contributed by atoms with E-state index in [1.165, 1.54) is 13.0 Å². The van der Waals surface area contributed by atoms with Crippen LogP contribution in [0.3, 0.4) is 0 Å². The average Bonchev–Trinajstić information content (AvgIpc) is 2.26. The van der Waals surface area contributed by atoms with E-state index in [0.29, 0.717) is 0 Å². The molecule has 0 heterocycles. The van der Waals surface area contributed by atoms with E-state index in [9.17, 15) is 18.0 Å². The lowest BCUT2D eigenvalue weighted by Gasteiger charge is -2.04. The molecule has 0 aliphatic heterocycles. The van der Waals surface area contributed by atoms with Crippen LogP contribution in [0, 0.1) is 0 Å². The minimum absolute atomic E-state index is 0.000486. The van der Waals surface area contributed by atoms with Gasteiger partial charge in [0.05, 0.1) is 17.6 Å². The third-order valence-electron chi connectivity index (χ3n) is 2.03. The third kappa shape index (κ3) is 3.11. The first-order valence-electron chi connectivity index (χ1n) is 4.47. The Kier molecular flexibility index (Phi) is 3.64. The Morgan fingerprint density at radius 1 is 1.18 bits per heavy atom. The maximum Gasteiger partial charge on any atom is 0.337 e. The van der Waals surface area contributed by atoms with Crippen LogP contribution in [0.25, 0.3) is 0 Å².